The quantitative estimate of drug-likeness (QED) is 0.455. The molecule has 0 heterocycles. The highest BCUT2D eigenvalue weighted by molar-refractivity contribution is 5.94. The minimum absolute atomic E-state index is 0.0515. The van der Waals surface area contributed by atoms with Crippen LogP contribution in [0.25, 0.3) is 0 Å². The van der Waals surface area contributed by atoms with Crippen molar-refractivity contribution in [3.63, 3.8) is 0 Å². The molecule has 27 heavy (non-hydrogen) atoms. The van der Waals surface area contributed by atoms with Crippen molar-refractivity contribution in [3.05, 3.63) is 69.3 Å². The van der Waals surface area contributed by atoms with Gasteiger partial charge in [0.25, 0.3) is 11.6 Å². The minimum Gasteiger partial charge on any atom is -0.378 e. The van der Waals surface area contributed by atoms with E-state index in [1.54, 1.807) is 12.1 Å². The van der Waals surface area contributed by atoms with Gasteiger partial charge >= 0.3 is 6.18 Å². The molecule has 2 rings (SSSR count). The molecular formula is C17H13F3N4O3. The summed E-state index contributed by atoms with van der Waals surface area (Å²) in [4.78, 5) is 22.0. The highest BCUT2D eigenvalue weighted by Crippen LogP contribution is 2.34. The SMILES string of the molecule is N#Cc1cccc(C(=O)NCCNc2ccc(C(F)(F)F)cc2[N+](=O)[O-])c1. The number of nitro benzene ring substituents is 1. The van der Waals surface area contributed by atoms with E-state index in [-0.39, 0.29) is 24.3 Å². The van der Waals surface area contributed by atoms with Gasteiger partial charge in [0.2, 0.25) is 0 Å². The zero-order valence-corrected chi connectivity index (χ0v) is 13.7. The number of nitro groups is 1. The van der Waals surface area contributed by atoms with Gasteiger partial charge in [0, 0.05) is 24.7 Å². The summed E-state index contributed by atoms with van der Waals surface area (Å²) in [7, 11) is 0. The van der Waals surface area contributed by atoms with E-state index in [4.69, 9.17) is 5.26 Å². The number of benzene rings is 2. The molecule has 0 radical (unpaired) electrons. The van der Waals surface area contributed by atoms with Crippen molar-refractivity contribution in [3.8, 4) is 6.07 Å². The van der Waals surface area contributed by atoms with Crippen LogP contribution in [0.1, 0.15) is 21.5 Å². The van der Waals surface area contributed by atoms with E-state index in [2.05, 4.69) is 10.6 Å². The minimum atomic E-state index is -4.69. The van der Waals surface area contributed by atoms with E-state index in [9.17, 15) is 28.1 Å². The first-order chi connectivity index (χ1) is 12.7. The molecule has 140 valence electrons. The van der Waals surface area contributed by atoms with Crippen LogP contribution in [0.3, 0.4) is 0 Å². The molecule has 0 saturated carbocycles. The molecule has 2 aromatic carbocycles. The molecule has 1 amide bonds. The average Bonchev–Trinajstić information content (AvgIpc) is 2.64. The third-order valence-corrected chi connectivity index (χ3v) is 3.50. The number of nitrogens with one attached hydrogen (secondary N) is 2. The zero-order chi connectivity index (χ0) is 20.0. The number of alkyl halides is 3. The number of carbonyl (C=O) groups excluding carboxylic acids is 1. The summed E-state index contributed by atoms with van der Waals surface area (Å²) >= 11 is 0. The number of hydrogen-bond acceptors (Lipinski definition) is 5. The predicted octanol–water partition coefficient (Wildman–Crippen LogP) is 3.33. The lowest BCUT2D eigenvalue weighted by atomic mass is 10.1. The van der Waals surface area contributed by atoms with E-state index in [1.807, 2.05) is 6.07 Å². The second kappa shape index (κ2) is 8.18. The lowest BCUT2D eigenvalue weighted by Crippen LogP contribution is -2.28. The fourth-order valence-corrected chi connectivity index (χ4v) is 2.21. The van der Waals surface area contributed by atoms with Gasteiger partial charge in [-0.2, -0.15) is 18.4 Å². The van der Waals surface area contributed by atoms with Crippen LogP contribution in [0.4, 0.5) is 24.5 Å². The van der Waals surface area contributed by atoms with Crippen molar-refractivity contribution in [2.24, 2.45) is 0 Å². The molecule has 7 nitrogen and oxygen atoms in total. The van der Waals surface area contributed by atoms with Crippen LogP contribution >= 0.6 is 0 Å². The van der Waals surface area contributed by atoms with E-state index >= 15 is 0 Å². The van der Waals surface area contributed by atoms with Crippen LogP contribution in [0.5, 0.6) is 0 Å². The summed E-state index contributed by atoms with van der Waals surface area (Å²) in [6, 6.07) is 10.1. The molecule has 2 aromatic rings. The molecule has 0 aliphatic rings. The molecule has 0 bridgehead atoms. The third kappa shape index (κ3) is 5.18. The Morgan fingerprint density at radius 1 is 1.19 bits per heavy atom. The maximum Gasteiger partial charge on any atom is 0.416 e. The van der Waals surface area contributed by atoms with Gasteiger partial charge in [0.1, 0.15) is 5.69 Å². The van der Waals surface area contributed by atoms with Gasteiger partial charge in [-0.05, 0) is 30.3 Å². The van der Waals surface area contributed by atoms with Crippen molar-refractivity contribution < 1.29 is 22.9 Å². The number of carbonyl (C=O) groups is 1. The zero-order valence-electron chi connectivity index (χ0n) is 13.7. The number of halogens is 3. The van der Waals surface area contributed by atoms with Crippen molar-refractivity contribution in [2.45, 2.75) is 6.18 Å². The van der Waals surface area contributed by atoms with E-state index in [1.165, 1.54) is 12.1 Å². The third-order valence-electron chi connectivity index (χ3n) is 3.50. The predicted molar refractivity (Wildman–Crippen MR) is 90.1 cm³/mol. The fraction of sp³-hybridized carbons (Fsp3) is 0.176. The van der Waals surface area contributed by atoms with Crippen LogP contribution in [0.15, 0.2) is 42.5 Å². The Kier molecular flexibility index (Phi) is 5.97. The highest BCUT2D eigenvalue weighted by atomic mass is 19.4. The van der Waals surface area contributed by atoms with Crippen LogP contribution in [-0.2, 0) is 6.18 Å². The molecule has 0 aliphatic carbocycles. The van der Waals surface area contributed by atoms with Gasteiger partial charge in [-0.3, -0.25) is 14.9 Å². The molecule has 0 saturated heterocycles. The Morgan fingerprint density at radius 2 is 1.93 bits per heavy atom. The Morgan fingerprint density at radius 3 is 2.56 bits per heavy atom. The molecule has 2 N–H and O–H groups in total. The van der Waals surface area contributed by atoms with E-state index < -0.39 is 28.3 Å². The highest BCUT2D eigenvalue weighted by Gasteiger charge is 2.32. The maximum absolute atomic E-state index is 12.7. The van der Waals surface area contributed by atoms with Crippen molar-refractivity contribution in [1.29, 1.82) is 5.26 Å². The molecule has 0 aliphatic heterocycles. The summed E-state index contributed by atoms with van der Waals surface area (Å²) in [5.41, 5.74) is -1.33. The Bertz CT molecular complexity index is 907. The molecule has 0 fully saturated rings. The molecule has 0 aromatic heterocycles. The van der Waals surface area contributed by atoms with Gasteiger partial charge in [-0.1, -0.05) is 6.07 Å². The molecule has 0 spiro atoms. The number of nitriles is 1. The van der Waals surface area contributed by atoms with Gasteiger partial charge < -0.3 is 10.6 Å². The summed E-state index contributed by atoms with van der Waals surface area (Å²) in [5, 5.41) is 25.0. The van der Waals surface area contributed by atoms with Crippen molar-refractivity contribution >= 4 is 17.3 Å². The van der Waals surface area contributed by atoms with E-state index in [0.29, 0.717) is 11.6 Å². The summed E-state index contributed by atoms with van der Waals surface area (Å²) < 4.78 is 38.0. The van der Waals surface area contributed by atoms with Crippen molar-refractivity contribution in [1.82, 2.24) is 5.32 Å². The van der Waals surface area contributed by atoms with E-state index in [0.717, 1.165) is 12.1 Å². The van der Waals surface area contributed by atoms with Crippen LogP contribution in [-0.4, -0.2) is 23.9 Å². The largest absolute Gasteiger partial charge is 0.416 e. The standard InChI is InChI=1S/C17H13F3N4O3/c18-17(19,20)13-4-5-14(15(9-13)24(26)27)22-6-7-23-16(25)12-3-1-2-11(8-12)10-21/h1-5,8-9,22H,6-7H2,(H,23,25). The lowest BCUT2D eigenvalue weighted by Gasteiger charge is -2.11. The second-order valence-electron chi connectivity index (χ2n) is 5.36. The Labute approximate surface area is 151 Å². The smallest absolute Gasteiger partial charge is 0.378 e. The van der Waals surface area contributed by atoms with Gasteiger partial charge in [0.15, 0.2) is 0 Å². The molecular weight excluding hydrogens is 365 g/mol. The average molecular weight is 378 g/mol. The number of nitrogens with zero attached hydrogens (tertiary/aromatic N) is 2. The topological polar surface area (TPSA) is 108 Å². The first kappa shape index (κ1) is 19.7. The molecule has 0 atom stereocenters. The molecule has 10 heteroatoms. The van der Waals surface area contributed by atoms with Crippen LogP contribution < -0.4 is 10.6 Å². The Balaban J connectivity index is 1.98. The second-order valence-corrected chi connectivity index (χ2v) is 5.36. The number of hydrogen-bond donors (Lipinski definition) is 2. The van der Waals surface area contributed by atoms with Gasteiger partial charge in [0.05, 0.1) is 22.1 Å². The lowest BCUT2D eigenvalue weighted by molar-refractivity contribution is -0.384. The fourth-order valence-electron chi connectivity index (χ4n) is 2.21. The number of amides is 1. The van der Waals surface area contributed by atoms with Crippen molar-refractivity contribution in [2.75, 3.05) is 18.4 Å². The first-order valence-corrected chi connectivity index (χ1v) is 7.60. The first-order valence-electron chi connectivity index (χ1n) is 7.60. The maximum atomic E-state index is 12.7. The molecule has 0 unspecified atom stereocenters. The summed E-state index contributed by atoms with van der Waals surface area (Å²) in [6.45, 7) is 0.115. The Hall–Kier alpha value is -3.61. The van der Waals surface area contributed by atoms with Crippen LogP contribution in [0.2, 0.25) is 0 Å². The summed E-state index contributed by atoms with van der Waals surface area (Å²) in [5.74, 6) is -0.448. The van der Waals surface area contributed by atoms with Gasteiger partial charge in [-0.15, -0.1) is 0 Å². The van der Waals surface area contributed by atoms with Crippen LogP contribution in [0, 0.1) is 21.4 Å². The monoisotopic (exact) mass is 378 g/mol. The number of rotatable bonds is 6. The van der Waals surface area contributed by atoms with Gasteiger partial charge in [-0.25, -0.2) is 0 Å². The number of anilines is 1. The normalized spacial score (nSPS) is 10.7. The summed E-state index contributed by atoms with van der Waals surface area (Å²) in [6.07, 6.45) is -4.69.